The minimum absolute atomic E-state index is 0.0208. The number of allylic oxidation sites excluding steroid dienone is 2. The summed E-state index contributed by atoms with van der Waals surface area (Å²) >= 11 is 6.36. The van der Waals surface area contributed by atoms with Gasteiger partial charge in [0.1, 0.15) is 5.78 Å². The van der Waals surface area contributed by atoms with Crippen LogP contribution in [0.2, 0.25) is 0 Å². The van der Waals surface area contributed by atoms with Gasteiger partial charge in [0, 0.05) is 5.92 Å². The summed E-state index contributed by atoms with van der Waals surface area (Å²) in [6.45, 7) is 1.54. The molecular weight excluding hydrogens is 288 g/mol. The lowest BCUT2D eigenvalue weighted by molar-refractivity contribution is -0.120. The van der Waals surface area contributed by atoms with Crippen LogP contribution in [0.25, 0.3) is 0 Å². The fraction of sp³-hybridized carbons (Fsp3) is 0.500. The van der Waals surface area contributed by atoms with Crippen LogP contribution in [0.3, 0.4) is 0 Å². The Bertz CT molecular complexity index is 258. The van der Waals surface area contributed by atoms with Gasteiger partial charge in [-0.25, -0.2) is 0 Å². The van der Waals surface area contributed by atoms with Gasteiger partial charge >= 0.3 is 0 Å². The monoisotopic (exact) mass is 294 g/mol. The molecule has 12 heavy (non-hydrogen) atoms. The van der Waals surface area contributed by atoms with Gasteiger partial charge in [-0.05, 0) is 29.3 Å². The number of carbonyl (C=O) groups is 2. The zero-order chi connectivity index (χ0) is 9.30. The molecule has 66 valence electrons. The average molecular weight is 296 g/mol. The average Bonchev–Trinajstić information content (AvgIpc) is 1.99. The molecule has 0 bridgehead atoms. The van der Waals surface area contributed by atoms with Crippen LogP contribution in [0.15, 0.2) is 10.6 Å². The molecule has 1 aliphatic rings. The molecule has 2 unspecified atom stereocenters. The minimum atomic E-state index is -0.217. The van der Waals surface area contributed by atoms with Crippen molar-refractivity contribution in [1.29, 1.82) is 0 Å². The van der Waals surface area contributed by atoms with Crippen molar-refractivity contribution < 1.29 is 9.59 Å². The third kappa shape index (κ3) is 2.04. The van der Waals surface area contributed by atoms with E-state index in [9.17, 15) is 9.59 Å². The standard InChI is InChI=1S/C8H8Br2O2/c1-4(11)5-2-6(9)8(12)7(10)3-5/h2,5,7H,3H2,1H3. The van der Waals surface area contributed by atoms with Gasteiger partial charge in [-0.15, -0.1) is 0 Å². The number of alkyl halides is 1. The molecule has 2 atom stereocenters. The Morgan fingerprint density at radius 3 is 2.67 bits per heavy atom. The second kappa shape index (κ2) is 3.83. The first-order valence-corrected chi connectivity index (χ1v) is 5.29. The smallest absolute Gasteiger partial charge is 0.183 e. The van der Waals surface area contributed by atoms with Gasteiger partial charge in [-0.3, -0.25) is 9.59 Å². The predicted octanol–water partition coefficient (Wildman–Crippen LogP) is 2.21. The maximum Gasteiger partial charge on any atom is 0.183 e. The molecule has 0 radical (unpaired) electrons. The highest BCUT2D eigenvalue weighted by Crippen LogP contribution is 2.28. The van der Waals surface area contributed by atoms with Crippen LogP contribution in [-0.2, 0) is 9.59 Å². The fourth-order valence-corrected chi connectivity index (χ4v) is 2.64. The SMILES string of the molecule is CC(=O)C1C=C(Br)C(=O)C(Br)C1. The zero-order valence-electron chi connectivity index (χ0n) is 6.51. The van der Waals surface area contributed by atoms with Crippen LogP contribution in [0.1, 0.15) is 13.3 Å². The lowest BCUT2D eigenvalue weighted by Gasteiger charge is -2.19. The van der Waals surface area contributed by atoms with Crippen molar-refractivity contribution >= 4 is 43.4 Å². The zero-order valence-corrected chi connectivity index (χ0v) is 9.68. The summed E-state index contributed by atoms with van der Waals surface area (Å²) in [5, 5.41) is 0. The van der Waals surface area contributed by atoms with Crippen molar-refractivity contribution in [2.45, 2.75) is 18.2 Å². The molecular formula is C8H8Br2O2. The second-order valence-electron chi connectivity index (χ2n) is 2.80. The molecule has 0 aromatic carbocycles. The molecule has 1 rings (SSSR count). The fourth-order valence-electron chi connectivity index (χ4n) is 1.09. The van der Waals surface area contributed by atoms with E-state index in [2.05, 4.69) is 31.9 Å². The highest BCUT2D eigenvalue weighted by atomic mass is 79.9. The van der Waals surface area contributed by atoms with E-state index < -0.39 is 0 Å². The molecule has 2 nitrogen and oxygen atoms in total. The van der Waals surface area contributed by atoms with Crippen molar-refractivity contribution in [3.05, 3.63) is 10.6 Å². The summed E-state index contributed by atoms with van der Waals surface area (Å²) in [4.78, 5) is 22.0. The van der Waals surface area contributed by atoms with Gasteiger partial charge < -0.3 is 0 Å². The maximum absolute atomic E-state index is 11.2. The van der Waals surface area contributed by atoms with Crippen LogP contribution in [0.4, 0.5) is 0 Å². The van der Waals surface area contributed by atoms with Crippen LogP contribution in [0.5, 0.6) is 0 Å². The Hall–Kier alpha value is 0.0400. The number of carbonyl (C=O) groups excluding carboxylic acids is 2. The van der Waals surface area contributed by atoms with Crippen molar-refractivity contribution in [2.24, 2.45) is 5.92 Å². The summed E-state index contributed by atoms with van der Waals surface area (Å²) in [6, 6.07) is 0. The van der Waals surface area contributed by atoms with Crippen LogP contribution in [0, 0.1) is 5.92 Å². The molecule has 0 aromatic heterocycles. The summed E-state index contributed by atoms with van der Waals surface area (Å²) in [7, 11) is 0. The van der Waals surface area contributed by atoms with Gasteiger partial charge in [0.25, 0.3) is 0 Å². The third-order valence-corrected chi connectivity index (χ3v) is 3.30. The van der Waals surface area contributed by atoms with Crippen LogP contribution >= 0.6 is 31.9 Å². The Morgan fingerprint density at radius 2 is 2.25 bits per heavy atom. The highest BCUT2D eigenvalue weighted by molar-refractivity contribution is 9.12. The van der Waals surface area contributed by atoms with E-state index in [-0.39, 0.29) is 22.3 Å². The second-order valence-corrected chi connectivity index (χ2v) is 4.76. The number of ketones is 2. The first-order chi connectivity index (χ1) is 5.52. The normalized spacial score (nSPS) is 29.9. The molecule has 4 heteroatoms. The molecule has 0 spiro atoms. The van der Waals surface area contributed by atoms with Crippen molar-refractivity contribution in [3.63, 3.8) is 0 Å². The number of hydrogen-bond acceptors (Lipinski definition) is 2. The van der Waals surface area contributed by atoms with E-state index in [0.29, 0.717) is 10.9 Å². The number of halogens is 2. The van der Waals surface area contributed by atoms with Crippen molar-refractivity contribution in [2.75, 3.05) is 0 Å². The molecule has 0 amide bonds. The van der Waals surface area contributed by atoms with Crippen molar-refractivity contribution in [3.8, 4) is 0 Å². The molecule has 0 heterocycles. The molecule has 1 aliphatic carbocycles. The molecule has 0 saturated carbocycles. The summed E-state index contributed by atoms with van der Waals surface area (Å²) in [6.07, 6.45) is 2.26. The summed E-state index contributed by atoms with van der Waals surface area (Å²) in [5.41, 5.74) is 0. The first kappa shape index (κ1) is 10.1. The third-order valence-electron chi connectivity index (χ3n) is 1.85. The Kier molecular flexibility index (Phi) is 3.23. The summed E-state index contributed by atoms with van der Waals surface area (Å²) < 4.78 is 0.510. The maximum atomic E-state index is 11.2. The number of rotatable bonds is 1. The van der Waals surface area contributed by atoms with E-state index in [1.165, 1.54) is 6.92 Å². The van der Waals surface area contributed by atoms with E-state index in [1.54, 1.807) is 6.08 Å². The lowest BCUT2D eigenvalue weighted by atomic mass is 9.92. The first-order valence-electron chi connectivity index (χ1n) is 3.58. The molecule has 0 N–H and O–H groups in total. The van der Waals surface area contributed by atoms with Gasteiger partial charge in [0.2, 0.25) is 0 Å². The number of hydrogen-bond donors (Lipinski definition) is 0. The van der Waals surface area contributed by atoms with Crippen LogP contribution in [-0.4, -0.2) is 16.4 Å². The molecule has 0 saturated heterocycles. The Morgan fingerprint density at radius 1 is 1.67 bits per heavy atom. The van der Waals surface area contributed by atoms with Crippen LogP contribution < -0.4 is 0 Å². The quantitative estimate of drug-likeness (QED) is 0.695. The minimum Gasteiger partial charge on any atom is -0.299 e. The topological polar surface area (TPSA) is 34.1 Å². The highest BCUT2D eigenvalue weighted by Gasteiger charge is 2.28. The van der Waals surface area contributed by atoms with Crippen molar-refractivity contribution in [1.82, 2.24) is 0 Å². The van der Waals surface area contributed by atoms with E-state index in [0.717, 1.165) is 0 Å². The largest absolute Gasteiger partial charge is 0.299 e. The molecule has 0 fully saturated rings. The Balaban J connectivity index is 2.87. The van der Waals surface area contributed by atoms with Gasteiger partial charge in [-0.2, -0.15) is 0 Å². The van der Waals surface area contributed by atoms with E-state index >= 15 is 0 Å². The summed E-state index contributed by atoms with van der Waals surface area (Å²) in [5.74, 6) is -0.00199. The van der Waals surface area contributed by atoms with Gasteiger partial charge in [0.05, 0.1) is 9.31 Å². The van der Waals surface area contributed by atoms with Gasteiger partial charge in [0.15, 0.2) is 5.78 Å². The van der Waals surface area contributed by atoms with E-state index in [4.69, 9.17) is 0 Å². The molecule has 0 aromatic rings. The van der Waals surface area contributed by atoms with E-state index in [1.807, 2.05) is 0 Å². The van der Waals surface area contributed by atoms with Gasteiger partial charge in [-0.1, -0.05) is 22.0 Å². The lowest BCUT2D eigenvalue weighted by Crippen LogP contribution is -2.26. The Labute approximate surface area is 87.7 Å². The number of Topliss-reactive ketones (excluding diaryl/α,β-unsaturated/α-hetero) is 2. The predicted molar refractivity (Wildman–Crippen MR) is 53.5 cm³/mol. The molecule has 0 aliphatic heterocycles.